The number of nitrogens with zero attached hydrogens (tertiary/aromatic N) is 4. The van der Waals surface area contributed by atoms with E-state index >= 15 is 0 Å². The minimum Gasteiger partial charge on any atom is -0.495 e. The third-order valence-electron chi connectivity index (χ3n) is 5.59. The number of fused-ring (bicyclic) bond motifs is 3. The van der Waals surface area contributed by atoms with E-state index in [2.05, 4.69) is 17.1 Å². The molecule has 0 amide bonds. The zero-order valence-electron chi connectivity index (χ0n) is 18.9. The van der Waals surface area contributed by atoms with Gasteiger partial charge in [0.25, 0.3) is 5.56 Å². The molecule has 0 saturated carbocycles. The van der Waals surface area contributed by atoms with E-state index in [1.54, 1.807) is 13.2 Å². The van der Waals surface area contributed by atoms with Gasteiger partial charge in [-0.3, -0.25) is 14.0 Å². The summed E-state index contributed by atoms with van der Waals surface area (Å²) in [7, 11) is 1.57. The maximum absolute atomic E-state index is 13.6. The maximum Gasteiger partial charge on any atom is 0.267 e. The SMILES string of the molecule is CCc1ccc(C(=O)CSc2nnc3n(-c4cc(C)ccc4OC)c(=O)c4ccccc4n23)s1. The Morgan fingerprint density at radius 2 is 1.94 bits per heavy atom. The maximum atomic E-state index is 13.6. The number of benzene rings is 2. The lowest BCUT2D eigenvalue weighted by Crippen LogP contribution is -2.22. The number of hydrogen-bond donors (Lipinski definition) is 0. The van der Waals surface area contributed by atoms with Crippen molar-refractivity contribution in [3.63, 3.8) is 0 Å². The number of aromatic nitrogens is 4. The molecule has 34 heavy (non-hydrogen) atoms. The summed E-state index contributed by atoms with van der Waals surface area (Å²) in [4.78, 5) is 28.3. The molecule has 0 bridgehead atoms. The number of carbonyl (C=O) groups is 1. The molecule has 3 heterocycles. The molecule has 0 radical (unpaired) electrons. The summed E-state index contributed by atoms with van der Waals surface area (Å²) >= 11 is 2.84. The number of ether oxygens (including phenoxy) is 1. The van der Waals surface area contributed by atoms with Crippen LogP contribution in [0.1, 0.15) is 27.0 Å². The number of carbonyl (C=O) groups excluding carboxylic acids is 1. The van der Waals surface area contributed by atoms with Gasteiger partial charge in [0, 0.05) is 4.88 Å². The highest BCUT2D eigenvalue weighted by molar-refractivity contribution is 7.99. The van der Waals surface area contributed by atoms with Gasteiger partial charge in [0.15, 0.2) is 10.9 Å². The summed E-state index contributed by atoms with van der Waals surface area (Å²) in [5.74, 6) is 1.20. The highest BCUT2D eigenvalue weighted by atomic mass is 32.2. The second-order valence-electron chi connectivity index (χ2n) is 7.78. The van der Waals surface area contributed by atoms with E-state index in [9.17, 15) is 9.59 Å². The average Bonchev–Trinajstić information content (AvgIpc) is 3.50. The third kappa shape index (κ3) is 3.80. The molecule has 0 atom stereocenters. The van der Waals surface area contributed by atoms with E-state index in [-0.39, 0.29) is 17.1 Å². The molecular formula is C25H22N4O3S2. The topological polar surface area (TPSA) is 78.5 Å². The quantitative estimate of drug-likeness (QED) is 0.237. The first-order valence-corrected chi connectivity index (χ1v) is 12.6. The molecule has 0 aliphatic carbocycles. The molecule has 0 saturated heterocycles. The van der Waals surface area contributed by atoms with E-state index in [1.807, 2.05) is 59.9 Å². The van der Waals surface area contributed by atoms with Gasteiger partial charge in [-0.25, -0.2) is 4.57 Å². The molecule has 0 fully saturated rings. The summed E-state index contributed by atoms with van der Waals surface area (Å²) in [6, 6.07) is 16.9. The van der Waals surface area contributed by atoms with Crippen LogP contribution in [0.4, 0.5) is 0 Å². The summed E-state index contributed by atoms with van der Waals surface area (Å²) in [5.41, 5.74) is 2.05. The van der Waals surface area contributed by atoms with Crippen LogP contribution in [-0.4, -0.2) is 37.8 Å². The van der Waals surface area contributed by atoms with Crippen molar-refractivity contribution >= 4 is 45.6 Å². The molecule has 0 spiro atoms. The highest BCUT2D eigenvalue weighted by Crippen LogP contribution is 2.28. The molecule has 172 valence electrons. The Labute approximate surface area is 204 Å². The van der Waals surface area contributed by atoms with Crippen LogP contribution < -0.4 is 10.3 Å². The number of methoxy groups -OCH3 is 1. The first-order valence-electron chi connectivity index (χ1n) is 10.8. The van der Waals surface area contributed by atoms with E-state index in [0.717, 1.165) is 16.9 Å². The summed E-state index contributed by atoms with van der Waals surface area (Å²) in [6.45, 7) is 4.03. The molecule has 5 rings (SSSR count). The normalized spacial score (nSPS) is 11.4. The molecule has 0 N–H and O–H groups in total. The van der Waals surface area contributed by atoms with E-state index < -0.39 is 0 Å². The van der Waals surface area contributed by atoms with Gasteiger partial charge in [0.1, 0.15) is 5.75 Å². The number of aryl methyl sites for hydroxylation is 2. The average molecular weight is 491 g/mol. The molecule has 2 aromatic carbocycles. The lowest BCUT2D eigenvalue weighted by Gasteiger charge is -2.14. The minimum atomic E-state index is -0.210. The molecular weight excluding hydrogens is 468 g/mol. The van der Waals surface area contributed by atoms with Crippen molar-refractivity contribution < 1.29 is 9.53 Å². The first-order chi connectivity index (χ1) is 16.5. The van der Waals surface area contributed by atoms with Crippen LogP contribution in [0.3, 0.4) is 0 Å². The van der Waals surface area contributed by atoms with Crippen molar-refractivity contribution in [2.45, 2.75) is 25.4 Å². The lowest BCUT2D eigenvalue weighted by atomic mass is 10.2. The Morgan fingerprint density at radius 1 is 1.12 bits per heavy atom. The van der Waals surface area contributed by atoms with Crippen LogP contribution in [0, 0.1) is 6.92 Å². The second-order valence-corrected chi connectivity index (χ2v) is 9.89. The van der Waals surface area contributed by atoms with Gasteiger partial charge in [-0.05, 0) is 55.3 Å². The number of para-hydroxylation sites is 1. The number of thioether (sulfide) groups is 1. The fourth-order valence-corrected chi connectivity index (χ4v) is 5.68. The molecule has 0 aliphatic rings. The van der Waals surface area contributed by atoms with Gasteiger partial charge >= 0.3 is 0 Å². The molecule has 9 heteroatoms. The van der Waals surface area contributed by atoms with Crippen molar-refractivity contribution in [2.75, 3.05) is 12.9 Å². The Hall–Kier alpha value is -3.43. The molecule has 0 unspecified atom stereocenters. The van der Waals surface area contributed by atoms with Gasteiger partial charge in [-0.1, -0.05) is 36.9 Å². The Kier molecular flexibility index (Phi) is 5.97. The molecule has 5 aromatic rings. The number of Topliss-reactive ketones (excluding diaryl/α,β-unsaturated/α-hetero) is 1. The Morgan fingerprint density at radius 3 is 2.71 bits per heavy atom. The number of thiophene rings is 1. The molecule has 0 aliphatic heterocycles. The van der Waals surface area contributed by atoms with Gasteiger partial charge in [-0.2, -0.15) is 0 Å². The third-order valence-corrected chi connectivity index (χ3v) is 7.79. The smallest absolute Gasteiger partial charge is 0.267 e. The second kappa shape index (κ2) is 9.08. The largest absolute Gasteiger partial charge is 0.495 e. The predicted molar refractivity (Wildman–Crippen MR) is 136 cm³/mol. The van der Waals surface area contributed by atoms with Gasteiger partial charge in [0.05, 0.1) is 34.3 Å². The highest BCUT2D eigenvalue weighted by Gasteiger charge is 2.21. The predicted octanol–water partition coefficient (Wildman–Crippen LogP) is 4.95. The van der Waals surface area contributed by atoms with Crippen molar-refractivity contribution in [1.82, 2.24) is 19.2 Å². The van der Waals surface area contributed by atoms with E-state index in [1.165, 1.54) is 32.5 Å². The fourth-order valence-electron chi connectivity index (χ4n) is 3.88. The van der Waals surface area contributed by atoms with Crippen LogP contribution in [0.25, 0.3) is 22.4 Å². The van der Waals surface area contributed by atoms with Gasteiger partial charge in [-0.15, -0.1) is 21.5 Å². The van der Waals surface area contributed by atoms with Crippen LogP contribution >= 0.6 is 23.1 Å². The summed E-state index contributed by atoms with van der Waals surface area (Å²) in [6.07, 6.45) is 0.909. The van der Waals surface area contributed by atoms with Crippen molar-refractivity contribution in [1.29, 1.82) is 0 Å². The zero-order chi connectivity index (χ0) is 23.8. The van der Waals surface area contributed by atoms with Gasteiger partial charge in [0.2, 0.25) is 5.78 Å². The zero-order valence-corrected chi connectivity index (χ0v) is 20.6. The van der Waals surface area contributed by atoms with Crippen molar-refractivity contribution in [2.24, 2.45) is 0 Å². The van der Waals surface area contributed by atoms with Crippen LogP contribution in [-0.2, 0) is 6.42 Å². The molecule has 7 nitrogen and oxygen atoms in total. The molecule has 3 aromatic heterocycles. The van der Waals surface area contributed by atoms with Gasteiger partial charge < -0.3 is 4.74 Å². The van der Waals surface area contributed by atoms with Crippen molar-refractivity contribution in [3.05, 3.63) is 80.3 Å². The summed E-state index contributed by atoms with van der Waals surface area (Å²) in [5, 5.41) is 9.81. The van der Waals surface area contributed by atoms with Crippen molar-refractivity contribution in [3.8, 4) is 11.4 Å². The number of rotatable bonds is 7. The lowest BCUT2D eigenvalue weighted by molar-refractivity contribution is 0.102. The van der Waals surface area contributed by atoms with E-state index in [0.29, 0.717) is 33.3 Å². The monoisotopic (exact) mass is 490 g/mol. The van der Waals surface area contributed by atoms with Crippen LogP contribution in [0.5, 0.6) is 5.75 Å². The minimum absolute atomic E-state index is 0.0458. The first kappa shape index (κ1) is 22.4. The number of hydrogen-bond acceptors (Lipinski definition) is 7. The Balaban J connectivity index is 1.66. The summed E-state index contributed by atoms with van der Waals surface area (Å²) < 4.78 is 8.91. The standard InChI is InChI=1S/C25H22N4O3S2/c1-4-16-10-12-22(34-16)20(30)14-33-25-27-26-24-28(19-13-15(2)9-11-21(19)32-3)23(31)17-7-5-6-8-18(17)29(24)25/h5-13H,4,14H2,1-3H3. The van der Waals surface area contributed by atoms with Crippen LogP contribution in [0.15, 0.2) is 64.5 Å². The Bertz CT molecular complexity index is 1600. The van der Waals surface area contributed by atoms with E-state index in [4.69, 9.17) is 4.74 Å². The fraction of sp³-hybridized carbons (Fsp3) is 0.200. The van der Waals surface area contributed by atoms with Crippen LogP contribution in [0.2, 0.25) is 0 Å². The number of ketones is 1.